The van der Waals surface area contributed by atoms with E-state index in [1.807, 2.05) is 48.5 Å². The van der Waals surface area contributed by atoms with E-state index < -0.39 is 5.91 Å². The van der Waals surface area contributed by atoms with E-state index in [1.165, 1.54) is 18.0 Å². The van der Waals surface area contributed by atoms with E-state index in [9.17, 15) is 9.59 Å². The molecule has 2 amide bonds. The average molecular weight is 460 g/mol. The second kappa shape index (κ2) is 10.9. The maximum absolute atomic E-state index is 12.7. The first-order valence-electron chi connectivity index (χ1n) is 11.2. The number of hydrogen-bond donors (Lipinski definition) is 2. The van der Waals surface area contributed by atoms with Crippen LogP contribution in [-0.4, -0.2) is 59.8 Å². The van der Waals surface area contributed by atoms with Crippen LogP contribution < -0.4 is 15.8 Å². The molecule has 0 atom stereocenters. The van der Waals surface area contributed by atoms with Crippen molar-refractivity contribution in [1.29, 1.82) is 0 Å². The number of hydrogen-bond acceptors (Lipinski definition) is 6. The second-order valence-electron chi connectivity index (χ2n) is 8.49. The smallest absolute Gasteiger partial charge is 0.255 e. The van der Waals surface area contributed by atoms with Crippen molar-refractivity contribution in [3.05, 3.63) is 89.2 Å². The number of benzene rings is 2. The number of carbonyl (C=O) groups is 2. The van der Waals surface area contributed by atoms with Gasteiger partial charge >= 0.3 is 0 Å². The predicted molar refractivity (Wildman–Crippen MR) is 131 cm³/mol. The molecule has 0 bridgehead atoms. The number of piperazine rings is 1. The van der Waals surface area contributed by atoms with Crippen LogP contribution in [-0.2, 0) is 13.2 Å². The Morgan fingerprint density at radius 2 is 1.74 bits per heavy atom. The average Bonchev–Trinajstić information content (AvgIpc) is 2.85. The summed E-state index contributed by atoms with van der Waals surface area (Å²) < 4.78 is 5.72. The molecule has 2 aromatic carbocycles. The molecular weight excluding hydrogens is 430 g/mol. The minimum absolute atomic E-state index is 0.164. The summed E-state index contributed by atoms with van der Waals surface area (Å²) in [5, 5.41) is 2.94. The molecule has 1 aliphatic rings. The minimum Gasteiger partial charge on any atom is -0.487 e. The summed E-state index contributed by atoms with van der Waals surface area (Å²) in [5.41, 5.74) is 8.92. The molecule has 34 heavy (non-hydrogen) atoms. The molecule has 1 saturated heterocycles. The van der Waals surface area contributed by atoms with Gasteiger partial charge in [0.05, 0.1) is 11.8 Å². The van der Waals surface area contributed by atoms with Crippen LogP contribution in [0, 0.1) is 0 Å². The number of pyridine rings is 1. The van der Waals surface area contributed by atoms with Crippen molar-refractivity contribution in [3.63, 3.8) is 0 Å². The summed E-state index contributed by atoms with van der Waals surface area (Å²) in [5.74, 6) is -0.278. The van der Waals surface area contributed by atoms with E-state index in [-0.39, 0.29) is 18.1 Å². The van der Waals surface area contributed by atoms with Gasteiger partial charge in [0.1, 0.15) is 12.4 Å². The van der Waals surface area contributed by atoms with Crippen molar-refractivity contribution in [1.82, 2.24) is 14.8 Å². The maximum atomic E-state index is 12.7. The lowest BCUT2D eigenvalue weighted by Crippen LogP contribution is -2.43. The van der Waals surface area contributed by atoms with Crippen LogP contribution in [0.4, 0.5) is 5.69 Å². The summed E-state index contributed by atoms with van der Waals surface area (Å²) >= 11 is 0. The van der Waals surface area contributed by atoms with Crippen LogP contribution in [0.1, 0.15) is 31.8 Å². The lowest BCUT2D eigenvalue weighted by molar-refractivity contribution is 0.0997. The topological polar surface area (TPSA) is 101 Å². The quantitative estimate of drug-likeness (QED) is 0.537. The van der Waals surface area contributed by atoms with Gasteiger partial charge in [-0.05, 0) is 48.5 Å². The number of primary amides is 1. The van der Waals surface area contributed by atoms with Gasteiger partial charge in [0.25, 0.3) is 5.91 Å². The fourth-order valence-electron chi connectivity index (χ4n) is 3.77. The van der Waals surface area contributed by atoms with Crippen molar-refractivity contribution >= 4 is 17.5 Å². The lowest BCUT2D eigenvalue weighted by Gasteiger charge is -2.32. The maximum Gasteiger partial charge on any atom is 0.255 e. The summed E-state index contributed by atoms with van der Waals surface area (Å²) in [6.45, 7) is 5.45. The number of likely N-dealkylation sites (N-methyl/N-ethyl adjacent to an activating group) is 1. The molecule has 8 heteroatoms. The molecule has 0 unspecified atom stereocenters. The molecule has 0 radical (unpaired) electrons. The van der Waals surface area contributed by atoms with Gasteiger partial charge in [-0.2, -0.15) is 0 Å². The Morgan fingerprint density at radius 1 is 0.971 bits per heavy atom. The van der Waals surface area contributed by atoms with Gasteiger partial charge in [0.15, 0.2) is 0 Å². The number of carbonyl (C=O) groups excluding carboxylic acids is 2. The van der Waals surface area contributed by atoms with Crippen LogP contribution in [0.2, 0.25) is 0 Å². The number of nitrogens with one attached hydrogen (secondary N) is 1. The highest BCUT2D eigenvalue weighted by atomic mass is 16.5. The SMILES string of the molecule is CN1CCN(Cc2ccc(C(=O)Nc3cccc(COc4cncc(C(N)=O)c4)c3)cc2)CC1. The molecule has 4 rings (SSSR count). The fourth-order valence-corrected chi connectivity index (χ4v) is 3.77. The molecule has 1 aliphatic heterocycles. The van der Waals surface area contributed by atoms with Gasteiger partial charge < -0.3 is 20.7 Å². The van der Waals surface area contributed by atoms with Gasteiger partial charge in [-0.15, -0.1) is 0 Å². The van der Waals surface area contributed by atoms with Crippen LogP contribution in [0.3, 0.4) is 0 Å². The van der Waals surface area contributed by atoms with Crippen LogP contribution in [0.5, 0.6) is 5.75 Å². The molecule has 1 fully saturated rings. The van der Waals surface area contributed by atoms with Gasteiger partial charge in [-0.1, -0.05) is 24.3 Å². The highest BCUT2D eigenvalue weighted by Crippen LogP contribution is 2.17. The number of nitrogens with zero attached hydrogens (tertiary/aromatic N) is 3. The third-order valence-corrected chi connectivity index (χ3v) is 5.81. The molecule has 176 valence electrons. The van der Waals surface area contributed by atoms with Crippen molar-refractivity contribution in [2.45, 2.75) is 13.2 Å². The van der Waals surface area contributed by atoms with E-state index in [2.05, 4.69) is 27.1 Å². The zero-order valence-electron chi connectivity index (χ0n) is 19.2. The summed E-state index contributed by atoms with van der Waals surface area (Å²) in [6.07, 6.45) is 2.91. The van der Waals surface area contributed by atoms with E-state index >= 15 is 0 Å². The van der Waals surface area contributed by atoms with E-state index in [0.29, 0.717) is 17.0 Å². The Morgan fingerprint density at radius 3 is 2.47 bits per heavy atom. The van der Waals surface area contributed by atoms with Gasteiger partial charge in [0.2, 0.25) is 5.91 Å². The molecule has 0 saturated carbocycles. The van der Waals surface area contributed by atoms with Gasteiger partial charge in [0, 0.05) is 50.2 Å². The molecule has 8 nitrogen and oxygen atoms in total. The number of nitrogens with two attached hydrogens (primary N) is 1. The number of rotatable bonds is 8. The zero-order valence-corrected chi connectivity index (χ0v) is 19.2. The third kappa shape index (κ3) is 6.40. The second-order valence-corrected chi connectivity index (χ2v) is 8.49. The molecule has 1 aromatic heterocycles. The van der Waals surface area contributed by atoms with Gasteiger partial charge in [-0.3, -0.25) is 19.5 Å². The molecule has 3 aromatic rings. The number of anilines is 1. The largest absolute Gasteiger partial charge is 0.487 e. The molecular formula is C26H29N5O3. The lowest BCUT2D eigenvalue weighted by atomic mass is 10.1. The highest BCUT2D eigenvalue weighted by Gasteiger charge is 2.14. The Hall–Kier alpha value is -3.75. The molecule has 0 aliphatic carbocycles. The standard InChI is InChI=1S/C26H29N5O3/c1-30-9-11-31(12-10-30)17-19-5-7-21(8-6-19)26(33)29-23-4-2-3-20(13-23)18-34-24-14-22(25(27)32)15-28-16-24/h2-8,13-16H,9-12,17-18H2,1H3,(H2,27,32)(H,29,33). The summed E-state index contributed by atoms with van der Waals surface area (Å²) in [6, 6.07) is 16.8. The Kier molecular flexibility index (Phi) is 7.51. The Labute approximate surface area is 199 Å². The van der Waals surface area contributed by atoms with Crippen LogP contribution in [0.15, 0.2) is 67.0 Å². The first-order chi connectivity index (χ1) is 16.5. The summed E-state index contributed by atoms with van der Waals surface area (Å²) in [4.78, 5) is 32.8. The summed E-state index contributed by atoms with van der Waals surface area (Å²) in [7, 11) is 2.15. The predicted octanol–water partition coefficient (Wildman–Crippen LogP) is 2.76. The van der Waals surface area contributed by atoms with Crippen molar-refractivity contribution < 1.29 is 14.3 Å². The highest BCUT2D eigenvalue weighted by molar-refractivity contribution is 6.04. The first kappa shape index (κ1) is 23.4. The van der Waals surface area contributed by atoms with E-state index in [1.54, 1.807) is 6.07 Å². The number of ether oxygens (including phenoxy) is 1. The van der Waals surface area contributed by atoms with Crippen molar-refractivity contribution in [2.24, 2.45) is 5.73 Å². The Bertz CT molecular complexity index is 1140. The zero-order chi connectivity index (χ0) is 23.9. The molecule has 0 spiro atoms. The fraction of sp³-hybridized carbons (Fsp3) is 0.269. The minimum atomic E-state index is -0.560. The van der Waals surface area contributed by atoms with E-state index in [4.69, 9.17) is 10.5 Å². The van der Waals surface area contributed by atoms with E-state index in [0.717, 1.165) is 38.3 Å². The molecule has 2 heterocycles. The van der Waals surface area contributed by atoms with Crippen LogP contribution in [0.25, 0.3) is 0 Å². The third-order valence-electron chi connectivity index (χ3n) is 5.81. The normalized spacial score (nSPS) is 14.5. The monoisotopic (exact) mass is 459 g/mol. The van der Waals surface area contributed by atoms with Crippen LogP contribution >= 0.6 is 0 Å². The van der Waals surface area contributed by atoms with Crippen molar-refractivity contribution in [2.75, 3.05) is 38.5 Å². The Balaban J connectivity index is 1.32. The molecule has 3 N–H and O–H groups in total. The number of aromatic nitrogens is 1. The first-order valence-corrected chi connectivity index (χ1v) is 11.2. The van der Waals surface area contributed by atoms with Crippen molar-refractivity contribution in [3.8, 4) is 5.75 Å². The van der Waals surface area contributed by atoms with Gasteiger partial charge in [-0.25, -0.2) is 0 Å². The number of amides is 2.